The van der Waals surface area contributed by atoms with Crippen LogP contribution in [-0.4, -0.2) is 65.9 Å². The van der Waals surface area contributed by atoms with Crippen LogP contribution in [0.3, 0.4) is 0 Å². The molecular formula is C25H26N8O3S. The van der Waals surface area contributed by atoms with E-state index < -0.39 is 10.0 Å². The predicted octanol–water partition coefficient (Wildman–Crippen LogP) is 2.34. The van der Waals surface area contributed by atoms with Gasteiger partial charge in [0.05, 0.1) is 52.6 Å². The van der Waals surface area contributed by atoms with Crippen LogP contribution in [0, 0.1) is 0 Å². The molecule has 1 fully saturated rings. The van der Waals surface area contributed by atoms with E-state index in [4.69, 9.17) is 4.98 Å². The van der Waals surface area contributed by atoms with Crippen molar-refractivity contribution in [3.8, 4) is 22.5 Å². The van der Waals surface area contributed by atoms with Gasteiger partial charge in [-0.05, 0) is 37.1 Å². The summed E-state index contributed by atoms with van der Waals surface area (Å²) < 4.78 is 30.9. The van der Waals surface area contributed by atoms with Gasteiger partial charge in [0.25, 0.3) is 0 Å². The molecule has 0 radical (unpaired) electrons. The predicted molar refractivity (Wildman–Crippen MR) is 140 cm³/mol. The van der Waals surface area contributed by atoms with E-state index in [1.807, 2.05) is 37.5 Å². The van der Waals surface area contributed by atoms with Crippen molar-refractivity contribution in [2.24, 2.45) is 14.1 Å². The fourth-order valence-corrected chi connectivity index (χ4v) is 5.99. The van der Waals surface area contributed by atoms with Crippen LogP contribution in [0.15, 0.2) is 53.8 Å². The Morgan fingerprint density at radius 1 is 0.973 bits per heavy atom. The second-order valence-electron chi connectivity index (χ2n) is 9.52. The Hall–Kier alpha value is -3.90. The molecule has 0 saturated carbocycles. The smallest absolute Gasteiger partial charge is 0.293 e. The highest BCUT2D eigenvalue weighted by atomic mass is 32.2. The van der Waals surface area contributed by atoms with Gasteiger partial charge in [-0.2, -0.15) is 5.10 Å². The fourth-order valence-electron chi connectivity index (χ4n) is 5.09. The number of rotatable bonds is 4. The van der Waals surface area contributed by atoms with Gasteiger partial charge >= 0.3 is 5.69 Å². The molecule has 5 aromatic heterocycles. The third kappa shape index (κ3) is 4.02. The molecule has 1 atom stereocenters. The summed E-state index contributed by atoms with van der Waals surface area (Å²) in [6, 6.07) is 7.37. The maximum Gasteiger partial charge on any atom is 0.329 e. The van der Waals surface area contributed by atoms with Gasteiger partial charge in [-0.25, -0.2) is 22.5 Å². The summed E-state index contributed by atoms with van der Waals surface area (Å²) >= 11 is 0. The molecular weight excluding hydrogens is 492 g/mol. The third-order valence-corrected chi connectivity index (χ3v) is 8.29. The lowest BCUT2D eigenvalue weighted by molar-refractivity contribution is 0.267. The molecule has 0 aliphatic carbocycles. The van der Waals surface area contributed by atoms with Crippen LogP contribution in [0.2, 0.25) is 0 Å². The van der Waals surface area contributed by atoms with Crippen LogP contribution >= 0.6 is 0 Å². The first kappa shape index (κ1) is 23.5. The zero-order valence-electron chi connectivity index (χ0n) is 20.7. The van der Waals surface area contributed by atoms with Gasteiger partial charge in [0, 0.05) is 50.7 Å². The topological polar surface area (TPSA) is 121 Å². The van der Waals surface area contributed by atoms with Crippen molar-refractivity contribution < 1.29 is 8.42 Å². The highest BCUT2D eigenvalue weighted by molar-refractivity contribution is 7.88. The molecule has 1 saturated heterocycles. The van der Waals surface area contributed by atoms with Gasteiger partial charge in [-0.3, -0.25) is 23.8 Å². The SMILES string of the molecule is Cn1cc(-c2ccc(-c3ccc4ncc5c(c4n3)n([C@H]3CCCN(S(C)(=O)=O)C3)c(=O)n5C)cn2)cn1. The number of aryl methyl sites for hydroxylation is 2. The van der Waals surface area contributed by atoms with Crippen LogP contribution in [0.25, 0.3) is 44.6 Å². The van der Waals surface area contributed by atoms with E-state index >= 15 is 0 Å². The highest BCUT2D eigenvalue weighted by Gasteiger charge is 2.30. The van der Waals surface area contributed by atoms with Crippen molar-refractivity contribution in [2.75, 3.05) is 19.3 Å². The van der Waals surface area contributed by atoms with Gasteiger partial charge in [0.1, 0.15) is 5.52 Å². The van der Waals surface area contributed by atoms with E-state index in [9.17, 15) is 13.2 Å². The fraction of sp³-hybridized carbons (Fsp3) is 0.320. The Bertz CT molecular complexity index is 1820. The Balaban J connectivity index is 1.48. The standard InChI is InChI=1S/C25H26N8O3S/c1-30-14-17(12-28-30)19-7-6-16(11-26-19)20-8-9-21-23(29-20)24-22(13-27-21)31(2)25(34)33(24)18-5-4-10-32(15-18)37(3,35)36/h6-9,11-14,18H,4-5,10,15H2,1-3H3/t18-/m0/s1. The van der Waals surface area contributed by atoms with Crippen molar-refractivity contribution in [1.29, 1.82) is 0 Å². The minimum absolute atomic E-state index is 0.209. The van der Waals surface area contributed by atoms with E-state index in [1.165, 1.54) is 10.6 Å². The van der Waals surface area contributed by atoms with Crippen LogP contribution in [0.5, 0.6) is 0 Å². The lowest BCUT2D eigenvalue weighted by Crippen LogP contribution is -2.42. The summed E-state index contributed by atoms with van der Waals surface area (Å²) in [5.74, 6) is 0. The Kier molecular flexibility index (Phi) is 5.46. The van der Waals surface area contributed by atoms with Crippen molar-refractivity contribution in [1.82, 2.24) is 38.2 Å². The minimum Gasteiger partial charge on any atom is -0.293 e. The van der Waals surface area contributed by atoms with Gasteiger partial charge in [-0.15, -0.1) is 0 Å². The van der Waals surface area contributed by atoms with Gasteiger partial charge < -0.3 is 0 Å². The molecule has 0 amide bonds. The number of imidazole rings is 1. The van der Waals surface area contributed by atoms with Crippen LogP contribution < -0.4 is 5.69 Å². The molecule has 37 heavy (non-hydrogen) atoms. The highest BCUT2D eigenvalue weighted by Crippen LogP contribution is 2.30. The van der Waals surface area contributed by atoms with E-state index in [0.29, 0.717) is 47.1 Å². The molecule has 0 N–H and O–H groups in total. The summed E-state index contributed by atoms with van der Waals surface area (Å²) in [4.78, 5) is 27.5. The molecule has 12 heteroatoms. The van der Waals surface area contributed by atoms with Gasteiger partial charge in [0.2, 0.25) is 10.0 Å². The monoisotopic (exact) mass is 518 g/mol. The molecule has 5 aromatic rings. The lowest BCUT2D eigenvalue weighted by Gasteiger charge is -2.31. The zero-order valence-corrected chi connectivity index (χ0v) is 21.6. The molecule has 1 aliphatic heterocycles. The summed E-state index contributed by atoms with van der Waals surface area (Å²) in [7, 11) is 0.204. The minimum atomic E-state index is -3.36. The van der Waals surface area contributed by atoms with Crippen molar-refractivity contribution in [2.45, 2.75) is 18.9 Å². The number of piperidine rings is 1. The van der Waals surface area contributed by atoms with Crippen LogP contribution in [0.1, 0.15) is 18.9 Å². The Morgan fingerprint density at radius 2 is 1.78 bits per heavy atom. The van der Waals surface area contributed by atoms with E-state index in [-0.39, 0.29) is 18.3 Å². The maximum atomic E-state index is 13.4. The number of nitrogens with zero attached hydrogens (tertiary/aromatic N) is 8. The average Bonchev–Trinajstić information content (AvgIpc) is 3.44. The lowest BCUT2D eigenvalue weighted by atomic mass is 10.1. The summed E-state index contributed by atoms with van der Waals surface area (Å²) in [6.07, 6.45) is 9.71. The molecule has 0 spiro atoms. The Morgan fingerprint density at radius 3 is 2.49 bits per heavy atom. The first-order chi connectivity index (χ1) is 17.7. The molecule has 0 aromatic carbocycles. The quantitative estimate of drug-likeness (QED) is 0.358. The van der Waals surface area contributed by atoms with Gasteiger partial charge in [-0.1, -0.05) is 0 Å². The number of fused-ring (bicyclic) bond motifs is 3. The van der Waals surface area contributed by atoms with E-state index in [0.717, 1.165) is 16.8 Å². The molecule has 0 bridgehead atoms. The number of aromatic nitrogens is 7. The van der Waals surface area contributed by atoms with E-state index in [2.05, 4.69) is 15.1 Å². The summed E-state index contributed by atoms with van der Waals surface area (Å²) in [6.45, 7) is 0.711. The third-order valence-electron chi connectivity index (χ3n) is 7.02. The zero-order chi connectivity index (χ0) is 25.9. The van der Waals surface area contributed by atoms with Crippen molar-refractivity contribution >= 4 is 32.1 Å². The second-order valence-corrected chi connectivity index (χ2v) is 11.5. The number of sulfonamides is 1. The first-order valence-corrected chi connectivity index (χ1v) is 13.8. The van der Waals surface area contributed by atoms with Gasteiger partial charge in [0.15, 0.2) is 0 Å². The number of hydrogen-bond acceptors (Lipinski definition) is 7. The molecule has 6 heterocycles. The molecule has 0 unspecified atom stereocenters. The molecule has 6 rings (SSSR count). The van der Waals surface area contributed by atoms with Crippen LogP contribution in [-0.2, 0) is 24.1 Å². The summed E-state index contributed by atoms with van der Waals surface area (Å²) in [5, 5.41) is 4.20. The molecule has 11 nitrogen and oxygen atoms in total. The number of pyridine rings is 3. The van der Waals surface area contributed by atoms with Crippen LogP contribution in [0.4, 0.5) is 0 Å². The maximum absolute atomic E-state index is 13.4. The van der Waals surface area contributed by atoms with Crippen molar-refractivity contribution in [3.05, 3.63) is 59.5 Å². The first-order valence-electron chi connectivity index (χ1n) is 12.0. The van der Waals surface area contributed by atoms with E-state index in [1.54, 1.807) is 39.5 Å². The summed E-state index contributed by atoms with van der Waals surface area (Å²) in [5.41, 5.74) is 5.64. The second kappa shape index (κ2) is 8.60. The van der Waals surface area contributed by atoms with Crippen molar-refractivity contribution in [3.63, 3.8) is 0 Å². The largest absolute Gasteiger partial charge is 0.329 e. The molecule has 1 aliphatic rings. The normalized spacial score (nSPS) is 17.1. The Labute approximate surface area is 213 Å². The average molecular weight is 519 g/mol. The number of hydrogen-bond donors (Lipinski definition) is 0. The molecule has 190 valence electrons.